The number of amides is 3. The van der Waals surface area contributed by atoms with Gasteiger partial charge in [0, 0.05) is 35.3 Å². The average molecular weight is 517 g/mol. The van der Waals surface area contributed by atoms with E-state index in [1.807, 2.05) is 24.3 Å². The van der Waals surface area contributed by atoms with E-state index < -0.39 is 10.8 Å². The molecule has 0 aliphatic carbocycles. The predicted octanol–water partition coefficient (Wildman–Crippen LogP) is 6.82. The lowest BCUT2D eigenvalue weighted by Gasteiger charge is -2.10. The molecule has 0 heterocycles. The summed E-state index contributed by atoms with van der Waals surface area (Å²) in [5.74, 6) is 0.0877. The van der Waals surface area contributed by atoms with Crippen molar-refractivity contribution in [2.75, 3.05) is 23.1 Å². The van der Waals surface area contributed by atoms with Gasteiger partial charge >= 0.3 is 6.03 Å². The van der Waals surface area contributed by atoms with Gasteiger partial charge < -0.3 is 20.7 Å². The number of urea groups is 1. The van der Waals surface area contributed by atoms with Crippen LogP contribution in [-0.4, -0.2) is 24.0 Å². The van der Waals surface area contributed by atoms with Crippen LogP contribution in [0.3, 0.4) is 0 Å². The van der Waals surface area contributed by atoms with Gasteiger partial charge in [-0.15, -0.1) is 0 Å². The Morgan fingerprint density at radius 2 is 1.38 bits per heavy atom. The van der Waals surface area contributed by atoms with Crippen molar-refractivity contribution in [2.24, 2.45) is 0 Å². The number of nitrogens with zero attached hydrogens (tertiary/aromatic N) is 1. The van der Waals surface area contributed by atoms with E-state index >= 15 is 0 Å². The van der Waals surface area contributed by atoms with Crippen LogP contribution >= 0.6 is 11.6 Å². The largest absolute Gasteiger partial charge is 0.497 e. The third-order valence-electron chi connectivity index (χ3n) is 5.35. The Morgan fingerprint density at radius 1 is 0.784 bits per heavy atom. The molecule has 0 atom stereocenters. The topological polar surface area (TPSA) is 123 Å². The summed E-state index contributed by atoms with van der Waals surface area (Å²) < 4.78 is 5.15. The first-order chi connectivity index (χ1) is 17.8. The van der Waals surface area contributed by atoms with Crippen molar-refractivity contribution in [2.45, 2.75) is 0 Å². The number of anilines is 3. The van der Waals surface area contributed by atoms with E-state index in [2.05, 4.69) is 16.0 Å². The Hall–Kier alpha value is -4.89. The minimum absolute atomic E-state index is 0.0125. The normalized spacial score (nSPS) is 10.3. The van der Waals surface area contributed by atoms with E-state index in [0.29, 0.717) is 22.8 Å². The number of benzene rings is 4. The summed E-state index contributed by atoms with van der Waals surface area (Å²) in [7, 11) is 1.56. The lowest BCUT2D eigenvalue weighted by molar-refractivity contribution is -0.384. The van der Waals surface area contributed by atoms with Crippen LogP contribution in [0.15, 0.2) is 91.0 Å². The molecule has 0 saturated carbocycles. The Morgan fingerprint density at radius 3 is 1.97 bits per heavy atom. The zero-order chi connectivity index (χ0) is 26.4. The van der Waals surface area contributed by atoms with E-state index in [0.717, 1.165) is 17.2 Å². The van der Waals surface area contributed by atoms with E-state index in [9.17, 15) is 19.7 Å². The van der Waals surface area contributed by atoms with Crippen LogP contribution in [0.2, 0.25) is 5.02 Å². The number of halogens is 1. The minimum atomic E-state index is -0.587. The second kappa shape index (κ2) is 11.2. The lowest BCUT2D eigenvalue weighted by atomic mass is 10.0. The fourth-order valence-corrected chi connectivity index (χ4v) is 3.69. The highest BCUT2D eigenvalue weighted by atomic mass is 35.5. The first-order valence-electron chi connectivity index (χ1n) is 11.0. The highest BCUT2D eigenvalue weighted by Gasteiger charge is 2.16. The highest BCUT2D eigenvalue weighted by Crippen LogP contribution is 2.26. The first-order valence-corrected chi connectivity index (χ1v) is 11.4. The Bertz CT molecular complexity index is 1460. The summed E-state index contributed by atoms with van der Waals surface area (Å²) in [6.07, 6.45) is 0. The predicted molar refractivity (Wildman–Crippen MR) is 144 cm³/mol. The molecule has 3 N–H and O–H groups in total. The molecule has 0 spiro atoms. The molecule has 9 nitrogen and oxygen atoms in total. The maximum absolute atomic E-state index is 12.6. The van der Waals surface area contributed by atoms with Crippen LogP contribution in [-0.2, 0) is 0 Å². The molecule has 0 saturated heterocycles. The quantitative estimate of drug-likeness (QED) is 0.184. The summed E-state index contributed by atoms with van der Waals surface area (Å²) in [5.41, 5.74) is 3.30. The molecule has 0 unspecified atom stereocenters. The highest BCUT2D eigenvalue weighted by molar-refractivity contribution is 6.34. The van der Waals surface area contributed by atoms with Crippen molar-refractivity contribution in [3.8, 4) is 16.9 Å². The fourth-order valence-electron chi connectivity index (χ4n) is 3.49. The molecule has 0 aliphatic rings. The van der Waals surface area contributed by atoms with Crippen LogP contribution in [0, 0.1) is 10.1 Å². The van der Waals surface area contributed by atoms with Gasteiger partial charge in [0.25, 0.3) is 11.6 Å². The molecule has 4 rings (SSSR count). The zero-order valence-corrected chi connectivity index (χ0v) is 20.3. The van der Waals surface area contributed by atoms with Crippen molar-refractivity contribution in [1.82, 2.24) is 0 Å². The molecule has 0 aromatic heterocycles. The van der Waals surface area contributed by atoms with Gasteiger partial charge in [0.15, 0.2) is 0 Å². The summed E-state index contributed by atoms with van der Waals surface area (Å²) >= 11 is 6.05. The van der Waals surface area contributed by atoms with Crippen molar-refractivity contribution in [3.63, 3.8) is 0 Å². The van der Waals surface area contributed by atoms with Gasteiger partial charge in [-0.3, -0.25) is 14.9 Å². The van der Waals surface area contributed by atoms with Gasteiger partial charge in [-0.05, 0) is 53.6 Å². The molecule has 0 radical (unpaired) electrons. The molecule has 4 aromatic rings. The smallest absolute Gasteiger partial charge is 0.323 e. The zero-order valence-electron chi connectivity index (χ0n) is 19.5. The lowest BCUT2D eigenvalue weighted by Crippen LogP contribution is -2.19. The van der Waals surface area contributed by atoms with Crippen LogP contribution in [0.5, 0.6) is 5.75 Å². The van der Waals surface area contributed by atoms with Crippen molar-refractivity contribution >= 4 is 46.3 Å². The molecule has 0 aliphatic heterocycles. The molecule has 10 heteroatoms. The Labute approximate surface area is 217 Å². The van der Waals surface area contributed by atoms with Crippen molar-refractivity contribution in [3.05, 3.63) is 112 Å². The standard InChI is InChI=1S/C27H21ClN4O5/c1-37-23-4-2-3-21(15-23)31-27(34)30-20-11-7-18(8-12-20)17-5-9-19(10-6-17)29-26(33)24-16-22(32(35)36)13-14-25(24)28/h2-16H,1H3,(H,29,33)(H2,30,31,34). The van der Waals surface area contributed by atoms with Gasteiger partial charge in [-0.1, -0.05) is 41.9 Å². The van der Waals surface area contributed by atoms with E-state index in [4.69, 9.17) is 16.3 Å². The number of nitro benzene ring substituents is 1. The molecule has 0 bridgehead atoms. The summed E-state index contributed by atoms with van der Waals surface area (Å²) in [6, 6.07) is 24.7. The molecule has 4 aromatic carbocycles. The number of nitro groups is 1. The SMILES string of the molecule is COc1cccc(NC(=O)Nc2ccc(-c3ccc(NC(=O)c4cc([N+](=O)[O-])ccc4Cl)cc3)cc2)c1. The second-order valence-corrected chi connectivity index (χ2v) is 8.25. The van der Waals surface area contributed by atoms with Gasteiger partial charge in [-0.25, -0.2) is 4.79 Å². The number of nitrogens with one attached hydrogen (secondary N) is 3. The third kappa shape index (κ3) is 6.41. The molecule has 186 valence electrons. The summed E-state index contributed by atoms with van der Waals surface area (Å²) in [6.45, 7) is 0. The molecule has 37 heavy (non-hydrogen) atoms. The third-order valence-corrected chi connectivity index (χ3v) is 5.68. The summed E-state index contributed by atoms with van der Waals surface area (Å²) in [4.78, 5) is 35.3. The van der Waals surface area contributed by atoms with E-state index in [1.54, 1.807) is 55.6 Å². The van der Waals surface area contributed by atoms with Gasteiger partial charge in [0.2, 0.25) is 0 Å². The number of carbonyl (C=O) groups is 2. The monoisotopic (exact) mass is 516 g/mol. The first kappa shape index (κ1) is 25.2. The molecular weight excluding hydrogens is 496 g/mol. The summed E-state index contributed by atoms with van der Waals surface area (Å²) in [5, 5.41) is 19.3. The maximum atomic E-state index is 12.6. The van der Waals surface area contributed by atoms with Crippen LogP contribution < -0.4 is 20.7 Å². The minimum Gasteiger partial charge on any atom is -0.497 e. The average Bonchev–Trinajstić information content (AvgIpc) is 2.89. The second-order valence-electron chi connectivity index (χ2n) is 7.84. The van der Waals surface area contributed by atoms with Crippen LogP contribution in [0.1, 0.15) is 10.4 Å². The number of hydrogen-bond acceptors (Lipinski definition) is 5. The molecule has 3 amide bonds. The van der Waals surface area contributed by atoms with Gasteiger partial charge in [-0.2, -0.15) is 0 Å². The maximum Gasteiger partial charge on any atom is 0.323 e. The van der Waals surface area contributed by atoms with Gasteiger partial charge in [0.1, 0.15) is 5.75 Å². The van der Waals surface area contributed by atoms with Gasteiger partial charge in [0.05, 0.1) is 22.6 Å². The van der Waals surface area contributed by atoms with Crippen molar-refractivity contribution < 1.29 is 19.2 Å². The van der Waals surface area contributed by atoms with Crippen LogP contribution in [0.25, 0.3) is 11.1 Å². The Balaban J connectivity index is 1.38. The number of carbonyl (C=O) groups excluding carboxylic acids is 2. The van der Waals surface area contributed by atoms with E-state index in [-0.39, 0.29) is 22.3 Å². The number of non-ortho nitro benzene ring substituents is 1. The number of methoxy groups -OCH3 is 1. The molecular formula is C27H21ClN4O5. The van der Waals surface area contributed by atoms with Crippen molar-refractivity contribution in [1.29, 1.82) is 0 Å². The number of hydrogen-bond donors (Lipinski definition) is 3. The number of ether oxygens (including phenoxy) is 1. The fraction of sp³-hybridized carbons (Fsp3) is 0.0370. The Kier molecular flexibility index (Phi) is 7.65. The van der Waals surface area contributed by atoms with Crippen LogP contribution in [0.4, 0.5) is 27.5 Å². The number of rotatable bonds is 7. The van der Waals surface area contributed by atoms with E-state index in [1.165, 1.54) is 12.1 Å². The molecule has 0 fully saturated rings.